The predicted molar refractivity (Wildman–Crippen MR) is 109 cm³/mol. The number of likely N-dealkylation sites (tertiary alicyclic amines) is 1. The summed E-state index contributed by atoms with van der Waals surface area (Å²) in [7, 11) is 0. The Morgan fingerprint density at radius 2 is 1.78 bits per heavy atom. The molecule has 5 rings (SSSR count). The first-order valence-electron chi connectivity index (χ1n) is 10.5. The van der Waals surface area contributed by atoms with Crippen molar-refractivity contribution in [2.75, 3.05) is 26.2 Å². The van der Waals surface area contributed by atoms with Crippen LogP contribution < -0.4 is 10.9 Å². The Morgan fingerprint density at radius 1 is 0.963 bits per heavy atom. The first kappa shape index (κ1) is 17.2. The first-order valence-corrected chi connectivity index (χ1v) is 10.5. The second-order valence-electron chi connectivity index (χ2n) is 8.61. The lowest BCUT2D eigenvalue weighted by Crippen LogP contribution is -2.44. The molecule has 0 radical (unpaired) electrons. The summed E-state index contributed by atoms with van der Waals surface area (Å²) in [5, 5.41) is 3.53. The highest BCUT2D eigenvalue weighted by Crippen LogP contribution is 2.33. The number of aromatic nitrogens is 1. The highest BCUT2D eigenvalue weighted by atomic mass is 16.1. The van der Waals surface area contributed by atoms with Gasteiger partial charge in [-0.2, -0.15) is 0 Å². The minimum absolute atomic E-state index is 0.163. The van der Waals surface area contributed by atoms with Gasteiger partial charge in [0.25, 0.3) is 5.56 Å². The van der Waals surface area contributed by atoms with Crippen LogP contribution in [0.3, 0.4) is 0 Å². The fraction of sp³-hybridized carbons (Fsp3) is 0.522. The first-order chi connectivity index (χ1) is 13.3. The third-order valence-corrected chi connectivity index (χ3v) is 6.60. The van der Waals surface area contributed by atoms with E-state index >= 15 is 0 Å². The number of hydrogen-bond donors (Lipinski definition) is 1. The van der Waals surface area contributed by atoms with Gasteiger partial charge in [-0.25, -0.2) is 0 Å². The van der Waals surface area contributed by atoms with E-state index in [-0.39, 0.29) is 5.56 Å². The average molecular weight is 364 g/mol. The summed E-state index contributed by atoms with van der Waals surface area (Å²) in [5.74, 6) is 1.08. The zero-order valence-corrected chi connectivity index (χ0v) is 16.0. The Kier molecular flexibility index (Phi) is 4.62. The molecule has 0 saturated carbocycles. The van der Waals surface area contributed by atoms with Gasteiger partial charge in [-0.05, 0) is 67.6 Å². The molecule has 1 N–H and O–H groups in total. The lowest BCUT2D eigenvalue weighted by Gasteiger charge is -2.37. The monoisotopic (exact) mass is 363 g/mol. The zero-order chi connectivity index (χ0) is 18.2. The highest BCUT2D eigenvalue weighted by Gasteiger charge is 2.31. The van der Waals surface area contributed by atoms with E-state index in [0.717, 1.165) is 37.3 Å². The van der Waals surface area contributed by atoms with Crippen molar-refractivity contribution in [3.05, 3.63) is 58.0 Å². The van der Waals surface area contributed by atoms with Gasteiger partial charge < -0.3 is 9.88 Å². The Hall–Kier alpha value is -1.91. The van der Waals surface area contributed by atoms with Gasteiger partial charge in [0, 0.05) is 37.3 Å². The van der Waals surface area contributed by atoms with Gasteiger partial charge in [-0.1, -0.05) is 30.7 Å². The third-order valence-electron chi connectivity index (χ3n) is 6.60. The van der Waals surface area contributed by atoms with Crippen molar-refractivity contribution in [1.29, 1.82) is 0 Å². The molecule has 4 heterocycles. The molecule has 3 aliphatic rings. The summed E-state index contributed by atoms with van der Waals surface area (Å²) < 4.78 is 2.02. The van der Waals surface area contributed by atoms with Crippen molar-refractivity contribution in [2.24, 2.45) is 5.92 Å². The summed E-state index contributed by atoms with van der Waals surface area (Å²) in [5.41, 5.74) is 4.98. The van der Waals surface area contributed by atoms with Crippen molar-refractivity contribution in [3.8, 4) is 11.1 Å². The maximum Gasteiger partial charge on any atom is 0.251 e. The molecule has 2 bridgehead atoms. The maximum absolute atomic E-state index is 12.8. The summed E-state index contributed by atoms with van der Waals surface area (Å²) in [6.45, 7) is 6.39. The van der Waals surface area contributed by atoms with Gasteiger partial charge in [-0.3, -0.25) is 9.69 Å². The minimum atomic E-state index is 0.163. The SMILES string of the molecule is O=c1cc(-c2ccc(CN3CCCCC3)cc2)cc2n1C[C@@H]1CNC[C@H]2C1. The summed E-state index contributed by atoms with van der Waals surface area (Å²) in [6.07, 6.45) is 5.24. The van der Waals surface area contributed by atoms with Crippen LogP contribution in [0.25, 0.3) is 11.1 Å². The largest absolute Gasteiger partial charge is 0.316 e. The summed E-state index contributed by atoms with van der Waals surface area (Å²) in [6, 6.07) is 12.9. The van der Waals surface area contributed by atoms with Gasteiger partial charge in [0.05, 0.1) is 0 Å². The number of rotatable bonds is 3. The van der Waals surface area contributed by atoms with Crippen LogP contribution in [-0.4, -0.2) is 35.6 Å². The van der Waals surface area contributed by atoms with E-state index < -0.39 is 0 Å². The molecule has 2 atom stereocenters. The molecule has 0 aliphatic carbocycles. The Bertz CT molecular complexity index is 864. The van der Waals surface area contributed by atoms with E-state index in [2.05, 4.69) is 40.5 Å². The molecule has 2 aromatic rings. The molecule has 27 heavy (non-hydrogen) atoms. The topological polar surface area (TPSA) is 37.3 Å². The number of nitrogens with one attached hydrogen (secondary N) is 1. The normalized spacial score (nSPS) is 25.2. The molecule has 3 aliphatic heterocycles. The van der Waals surface area contributed by atoms with Gasteiger partial charge in [0.2, 0.25) is 0 Å². The fourth-order valence-electron chi connectivity index (χ4n) is 5.15. The highest BCUT2D eigenvalue weighted by molar-refractivity contribution is 5.64. The van der Waals surface area contributed by atoms with E-state index in [4.69, 9.17) is 0 Å². The van der Waals surface area contributed by atoms with Gasteiger partial charge in [0.1, 0.15) is 0 Å². The molecule has 1 aromatic heterocycles. The maximum atomic E-state index is 12.8. The standard InChI is InChI=1S/C23H29N3O/c27-23-12-20(11-22-21-10-18(13-24-14-21)16-26(22)23)19-6-4-17(5-7-19)15-25-8-2-1-3-9-25/h4-7,11-12,18,21,24H,1-3,8-10,13-16H2/t18-,21+/m0/s1. The van der Waals surface area contributed by atoms with Crippen LogP contribution in [0, 0.1) is 5.92 Å². The van der Waals surface area contributed by atoms with Crippen LogP contribution in [0.5, 0.6) is 0 Å². The molecular weight excluding hydrogens is 334 g/mol. The number of pyridine rings is 1. The van der Waals surface area contributed by atoms with E-state index in [9.17, 15) is 4.79 Å². The number of nitrogens with zero attached hydrogens (tertiary/aromatic N) is 2. The number of benzene rings is 1. The Morgan fingerprint density at radius 3 is 2.59 bits per heavy atom. The van der Waals surface area contributed by atoms with Crippen LogP contribution in [0.2, 0.25) is 0 Å². The molecule has 0 unspecified atom stereocenters. The molecule has 4 heteroatoms. The molecule has 2 fully saturated rings. The van der Waals surface area contributed by atoms with Gasteiger partial charge in [-0.15, -0.1) is 0 Å². The molecule has 0 spiro atoms. The Labute approximate surface area is 161 Å². The number of fused-ring (bicyclic) bond motifs is 4. The van der Waals surface area contributed by atoms with Gasteiger partial charge >= 0.3 is 0 Å². The minimum Gasteiger partial charge on any atom is -0.316 e. The van der Waals surface area contributed by atoms with E-state index in [1.165, 1.54) is 50.0 Å². The van der Waals surface area contributed by atoms with Gasteiger partial charge in [0.15, 0.2) is 0 Å². The van der Waals surface area contributed by atoms with E-state index in [1.54, 1.807) is 0 Å². The molecule has 0 amide bonds. The number of piperidine rings is 2. The number of hydrogen-bond acceptors (Lipinski definition) is 3. The average Bonchev–Trinajstić information content (AvgIpc) is 2.70. The van der Waals surface area contributed by atoms with Crippen molar-refractivity contribution in [2.45, 2.75) is 44.7 Å². The lowest BCUT2D eigenvalue weighted by atomic mass is 9.83. The van der Waals surface area contributed by atoms with Crippen molar-refractivity contribution in [3.63, 3.8) is 0 Å². The van der Waals surface area contributed by atoms with Crippen LogP contribution in [0.15, 0.2) is 41.2 Å². The van der Waals surface area contributed by atoms with E-state index in [0.29, 0.717) is 11.8 Å². The quantitative estimate of drug-likeness (QED) is 0.910. The predicted octanol–water partition coefficient (Wildman–Crippen LogP) is 3.21. The molecular formula is C23H29N3O. The second-order valence-corrected chi connectivity index (χ2v) is 8.61. The lowest BCUT2D eigenvalue weighted by molar-refractivity contribution is 0.221. The molecule has 142 valence electrons. The fourth-order valence-corrected chi connectivity index (χ4v) is 5.15. The molecule has 2 saturated heterocycles. The van der Waals surface area contributed by atoms with E-state index in [1.807, 2.05) is 10.6 Å². The van der Waals surface area contributed by atoms with Crippen molar-refractivity contribution in [1.82, 2.24) is 14.8 Å². The zero-order valence-electron chi connectivity index (χ0n) is 16.0. The van der Waals surface area contributed by atoms with Crippen LogP contribution in [0.4, 0.5) is 0 Å². The summed E-state index contributed by atoms with van der Waals surface area (Å²) in [4.78, 5) is 15.3. The second kappa shape index (κ2) is 7.25. The Balaban J connectivity index is 1.40. The van der Waals surface area contributed by atoms with Crippen LogP contribution in [0.1, 0.15) is 42.9 Å². The van der Waals surface area contributed by atoms with Crippen molar-refractivity contribution >= 4 is 0 Å². The third kappa shape index (κ3) is 3.48. The van der Waals surface area contributed by atoms with Crippen molar-refractivity contribution < 1.29 is 0 Å². The van der Waals surface area contributed by atoms with Crippen LogP contribution in [-0.2, 0) is 13.1 Å². The smallest absolute Gasteiger partial charge is 0.251 e. The molecule has 4 nitrogen and oxygen atoms in total. The van der Waals surface area contributed by atoms with Crippen LogP contribution >= 0.6 is 0 Å². The molecule has 1 aromatic carbocycles. The summed E-state index contributed by atoms with van der Waals surface area (Å²) >= 11 is 0.